The van der Waals surface area contributed by atoms with Gasteiger partial charge in [0.2, 0.25) is 0 Å². The zero-order valence-electron chi connectivity index (χ0n) is 14.7. The van der Waals surface area contributed by atoms with Crippen LogP contribution < -0.4 is 18.9 Å². The molecule has 0 aliphatic carbocycles. The molecule has 1 N–H and O–H groups in total. The number of rotatable bonds is 8. The molecule has 0 amide bonds. The molecule has 6 heteroatoms. The van der Waals surface area contributed by atoms with Crippen molar-refractivity contribution in [2.24, 2.45) is 0 Å². The quantitative estimate of drug-likeness (QED) is 0.754. The Bertz CT molecular complexity index is 718. The number of ether oxygens (including phenoxy) is 4. The number of thioether (sulfide) groups is 1. The summed E-state index contributed by atoms with van der Waals surface area (Å²) in [5.41, 5.74) is 1.90. The Kier molecular flexibility index (Phi) is 6.89. The van der Waals surface area contributed by atoms with Gasteiger partial charge in [0, 0.05) is 17.9 Å². The average molecular weight is 362 g/mol. The van der Waals surface area contributed by atoms with Crippen molar-refractivity contribution in [3.8, 4) is 28.7 Å². The van der Waals surface area contributed by atoms with Crippen molar-refractivity contribution in [1.82, 2.24) is 0 Å². The summed E-state index contributed by atoms with van der Waals surface area (Å²) in [5.74, 6) is 3.39. The predicted molar refractivity (Wildman–Crippen MR) is 101 cm³/mol. The number of methoxy groups -OCH3 is 4. The zero-order chi connectivity index (χ0) is 18.2. The molecule has 0 radical (unpaired) electrons. The Morgan fingerprint density at radius 3 is 2.08 bits per heavy atom. The SMILES string of the molecule is COc1cc(OC)c(C=CSCc2ccc(O)c(OC)c2)c(OC)c1. The molecule has 0 atom stereocenters. The number of phenols is 1. The molecule has 0 aromatic heterocycles. The molecule has 0 saturated carbocycles. The van der Waals surface area contributed by atoms with Crippen LogP contribution in [0.5, 0.6) is 28.7 Å². The van der Waals surface area contributed by atoms with E-state index in [0.29, 0.717) is 23.0 Å². The van der Waals surface area contributed by atoms with Crippen molar-refractivity contribution in [2.45, 2.75) is 5.75 Å². The summed E-state index contributed by atoms with van der Waals surface area (Å²) < 4.78 is 21.2. The van der Waals surface area contributed by atoms with Crippen molar-refractivity contribution in [2.75, 3.05) is 28.4 Å². The van der Waals surface area contributed by atoms with Crippen molar-refractivity contribution >= 4 is 17.8 Å². The molecule has 0 aliphatic rings. The van der Waals surface area contributed by atoms with Gasteiger partial charge in [0.15, 0.2) is 11.5 Å². The molecule has 2 rings (SSSR count). The standard InChI is InChI=1S/C19H22O5S/c1-21-14-10-17(22-2)15(18(11-14)23-3)7-8-25-12-13-5-6-16(20)19(9-13)24-4/h5-11,20H,12H2,1-4H3. The lowest BCUT2D eigenvalue weighted by atomic mass is 10.1. The molecule has 25 heavy (non-hydrogen) atoms. The smallest absolute Gasteiger partial charge is 0.160 e. The second kappa shape index (κ2) is 9.13. The van der Waals surface area contributed by atoms with Gasteiger partial charge in [-0.05, 0) is 29.2 Å². The highest BCUT2D eigenvalue weighted by molar-refractivity contribution is 8.01. The van der Waals surface area contributed by atoms with Gasteiger partial charge in [-0.15, -0.1) is 11.8 Å². The van der Waals surface area contributed by atoms with Crippen LogP contribution in [0.1, 0.15) is 11.1 Å². The normalized spacial score (nSPS) is 10.7. The highest BCUT2D eigenvalue weighted by Crippen LogP contribution is 2.36. The van der Waals surface area contributed by atoms with E-state index in [0.717, 1.165) is 16.9 Å². The average Bonchev–Trinajstić information content (AvgIpc) is 2.65. The number of hydrogen-bond donors (Lipinski definition) is 1. The van der Waals surface area contributed by atoms with Crippen molar-refractivity contribution in [3.05, 3.63) is 46.9 Å². The Hall–Kier alpha value is -2.47. The third kappa shape index (κ3) is 4.76. The van der Waals surface area contributed by atoms with Gasteiger partial charge in [-0.2, -0.15) is 0 Å². The van der Waals surface area contributed by atoms with Crippen LogP contribution in [0, 0.1) is 0 Å². The summed E-state index contributed by atoms with van der Waals surface area (Å²) in [4.78, 5) is 0. The van der Waals surface area contributed by atoms with Crippen LogP contribution in [-0.2, 0) is 5.75 Å². The van der Waals surface area contributed by atoms with Gasteiger partial charge in [0.25, 0.3) is 0 Å². The number of benzene rings is 2. The van der Waals surface area contributed by atoms with E-state index in [2.05, 4.69) is 0 Å². The monoisotopic (exact) mass is 362 g/mol. The summed E-state index contributed by atoms with van der Waals surface area (Å²) in [6, 6.07) is 8.96. The minimum Gasteiger partial charge on any atom is -0.504 e. The molecule has 0 fully saturated rings. The van der Waals surface area contributed by atoms with Crippen LogP contribution in [0.2, 0.25) is 0 Å². The highest BCUT2D eigenvalue weighted by Gasteiger charge is 2.10. The first-order valence-electron chi connectivity index (χ1n) is 7.57. The lowest BCUT2D eigenvalue weighted by Gasteiger charge is -2.12. The number of aromatic hydroxyl groups is 1. The van der Waals surface area contributed by atoms with E-state index >= 15 is 0 Å². The van der Waals surface area contributed by atoms with Gasteiger partial charge in [-0.25, -0.2) is 0 Å². The molecule has 5 nitrogen and oxygen atoms in total. The fraction of sp³-hybridized carbons (Fsp3) is 0.263. The highest BCUT2D eigenvalue weighted by atomic mass is 32.2. The van der Waals surface area contributed by atoms with Crippen LogP contribution in [0.15, 0.2) is 35.7 Å². The second-order valence-electron chi connectivity index (χ2n) is 5.07. The summed E-state index contributed by atoms with van der Waals surface area (Å²) in [6.07, 6.45) is 1.94. The molecular weight excluding hydrogens is 340 g/mol. The van der Waals surface area contributed by atoms with Gasteiger partial charge < -0.3 is 24.1 Å². The number of hydrogen-bond acceptors (Lipinski definition) is 6. The third-order valence-electron chi connectivity index (χ3n) is 3.58. The van der Waals surface area contributed by atoms with Gasteiger partial charge in [-0.3, -0.25) is 0 Å². The lowest BCUT2D eigenvalue weighted by molar-refractivity contribution is 0.373. The van der Waals surface area contributed by atoms with Gasteiger partial charge >= 0.3 is 0 Å². The van der Waals surface area contributed by atoms with E-state index in [4.69, 9.17) is 18.9 Å². The molecule has 0 spiro atoms. The number of phenolic OH excluding ortho intramolecular Hbond substituents is 1. The molecule has 134 valence electrons. The van der Waals surface area contributed by atoms with Crippen LogP contribution in [0.4, 0.5) is 0 Å². The van der Waals surface area contributed by atoms with Crippen LogP contribution in [-0.4, -0.2) is 33.5 Å². The van der Waals surface area contributed by atoms with Gasteiger partial charge in [0.05, 0.1) is 34.0 Å². The minimum absolute atomic E-state index is 0.138. The van der Waals surface area contributed by atoms with Crippen LogP contribution in [0.25, 0.3) is 6.08 Å². The maximum atomic E-state index is 9.63. The molecule has 0 bridgehead atoms. The van der Waals surface area contributed by atoms with E-state index in [1.807, 2.05) is 35.7 Å². The van der Waals surface area contributed by atoms with E-state index in [1.165, 1.54) is 7.11 Å². The van der Waals surface area contributed by atoms with Gasteiger partial charge in [0.1, 0.15) is 17.2 Å². The van der Waals surface area contributed by atoms with E-state index < -0.39 is 0 Å². The summed E-state index contributed by atoms with van der Waals surface area (Å²) >= 11 is 1.61. The maximum Gasteiger partial charge on any atom is 0.160 e. The summed E-state index contributed by atoms with van der Waals surface area (Å²) in [5, 5.41) is 11.6. The Morgan fingerprint density at radius 2 is 1.52 bits per heavy atom. The Labute approximate surface area is 152 Å². The zero-order valence-corrected chi connectivity index (χ0v) is 15.6. The van der Waals surface area contributed by atoms with Gasteiger partial charge in [-0.1, -0.05) is 6.07 Å². The molecule has 2 aromatic carbocycles. The fourth-order valence-electron chi connectivity index (χ4n) is 2.27. The Morgan fingerprint density at radius 1 is 0.880 bits per heavy atom. The van der Waals surface area contributed by atoms with E-state index in [9.17, 15) is 5.11 Å². The third-order valence-corrected chi connectivity index (χ3v) is 4.41. The van der Waals surface area contributed by atoms with Crippen molar-refractivity contribution in [1.29, 1.82) is 0 Å². The van der Waals surface area contributed by atoms with E-state index in [1.54, 1.807) is 39.2 Å². The largest absolute Gasteiger partial charge is 0.504 e. The summed E-state index contributed by atoms with van der Waals surface area (Å²) in [7, 11) is 6.36. The molecular formula is C19H22O5S. The molecule has 0 unspecified atom stereocenters. The second-order valence-corrected chi connectivity index (χ2v) is 5.96. The molecule has 0 saturated heterocycles. The fourth-order valence-corrected chi connectivity index (χ4v) is 2.97. The molecule has 2 aromatic rings. The van der Waals surface area contributed by atoms with Crippen molar-refractivity contribution < 1.29 is 24.1 Å². The summed E-state index contributed by atoms with van der Waals surface area (Å²) in [6.45, 7) is 0. The van der Waals surface area contributed by atoms with E-state index in [-0.39, 0.29) is 5.75 Å². The van der Waals surface area contributed by atoms with Crippen molar-refractivity contribution in [3.63, 3.8) is 0 Å². The van der Waals surface area contributed by atoms with Crippen LogP contribution >= 0.6 is 11.8 Å². The first kappa shape index (κ1) is 18.9. The maximum absolute atomic E-state index is 9.63. The minimum atomic E-state index is 0.138. The first-order valence-corrected chi connectivity index (χ1v) is 8.61. The predicted octanol–water partition coefficient (Wildman–Crippen LogP) is 4.33. The topological polar surface area (TPSA) is 57.2 Å². The van der Waals surface area contributed by atoms with Crippen LogP contribution in [0.3, 0.4) is 0 Å². The Balaban J connectivity index is 2.11. The molecule has 0 heterocycles. The first-order chi connectivity index (χ1) is 12.1. The molecule has 0 aliphatic heterocycles. The lowest BCUT2D eigenvalue weighted by Crippen LogP contribution is -1.94.